The number of halogens is 5. The van der Waals surface area contributed by atoms with Crippen LogP contribution >= 0.6 is 12.2 Å². The molecule has 0 amide bonds. The van der Waals surface area contributed by atoms with Gasteiger partial charge in [0.1, 0.15) is 4.99 Å². The molecule has 0 radical (unpaired) electrons. The van der Waals surface area contributed by atoms with E-state index in [0.29, 0.717) is 12.1 Å². The van der Waals surface area contributed by atoms with Crippen LogP contribution in [0.2, 0.25) is 0 Å². The molecule has 1 aromatic carbocycles. The average Bonchev–Trinajstić information content (AvgIpc) is 2.14. The van der Waals surface area contributed by atoms with Gasteiger partial charge in [0.05, 0.1) is 0 Å². The Bertz CT molecular complexity index is 422. The van der Waals surface area contributed by atoms with Crippen LogP contribution in [0.15, 0.2) is 12.1 Å². The van der Waals surface area contributed by atoms with Gasteiger partial charge in [-0.1, -0.05) is 12.2 Å². The fraction of sp³-hybridized carbons (Fsp3) is 0.222. The maximum atomic E-state index is 13.2. The molecule has 0 atom stereocenters. The molecule has 2 N–H and O–H groups in total. The van der Waals surface area contributed by atoms with Crippen LogP contribution in [-0.4, -0.2) is 17.8 Å². The molecule has 0 unspecified atom stereocenters. The first kappa shape index (κ1) is 13.6. The van der Waals surface area contributed by atoms with Crippen molar-refractivity contribution < 1.29 is 26.7 Å². The zero-order valence-corrected chi connectivity index (χ0v) is 8.96. The van der Waals surface area contributed by atoms with Crippen molar-refractivity contribution in [3.05, 3.63) is 29.3 Å². The van der Waals surface area contributed by atoms with E-state index in [1.54, 1.807) is 0 Å². The maximum Gasteiger partial charge on any atom is 0.422 e. The Morgan fingerprint density at radius 1 is 1.24 bits per heavy atom. The Kier molecular flexibility index (Phi) is 3.87. The summed E-state index contributed by atoms with van der Waals surface area (Å²) in [6.07, 6.45) is -4.68. The molecule has 17 heavy (non-hydrogen) atoms. The minimum absolute atomic E-state index is 0.130. The molecule has 1 rings (SSSR count). The fourth-order valence-electron chi connectivity index (χ4n) is 0.994. The molecule has 0 saturated heterocycles. The van der Waals surface area contributed by atoms with Gasteiger partial charge in [-0.05, 0) is 12.1 Å². The van der Waals surface area contributed by atoms with Crippen LogP contribution in [0.3, 0.4) is 0 Å². The summed E-state index contributed by atoms with van der Waals surface area (Å²) in [4.78, 5) is -0.273. The van der Waals surface area contributed by atoms with Crippen molar-refractivity contribution in [3.63, 3.8) is 0 Å². The minimum atomic E-state index is -4.68. The number of rotatable bonds is 3. The third kappa shape index (κ3) is 3.81. The summed E-state index contributed by atoms with van der Waals surface area (Å²) in [5.41, 5.74) is 4.99. The highest BCUT2D eigenvalue weighted by Gasteiger charge is 2.29. The summed E-state index contributed by atoms with van der Waals surface area (Å²) in [5.74, 6) is -3.70. The quantitative estimate of drug-likeness (QED) is 0.677. The third-order valence-electron chi connectivity index (χ3n) is 1.66. The molecule has 94 valence electrons. The molecule has 2 nitrogen and oxygen atoms in total. The van der Waals surface area contributed by atoms with E-state index in [9.17, 15) is 22.0 Å². The molecule has 0 spiro atoms. The van der Waals surface area contributed by atoms with Gasteiger partial charge in [-0.25, -0.2) is 8.78 Å². The van der Waals surface area contributed by atoms with Crippen molar-refractivity contribution in [2.75, 3.05) is 6.61 Å². The lowest BCUT2D eigenvalue weighted by atomic mass is 10.2. The summed E-state index contributed by atoms with van der Waals surface area (Å²) in [6.45, 7) is -1.78. The Balaban J connectivity index is 2.98. The highest BCUT2D eigenvalue weighted by Crippen LogP contribution is 2.25. The topological polar surface area (TPSA) is 35.2 Å². The first-order valence-corrected chi connectivity index (χ1v) is 4.60. The molecule has 0 fully saturated rings. The second-order valence-corrected chi connectivity index (χ2v) is 3.48. The highest BCUT2D eigenvalue weighted by atomic mass is 32.1. The molecule has 8 heteroatoms. The average molecular weight is 271 g/mol. The number of ether oxygens (including phenoxy) is 1. The second-order valence-electron chi connectivity index (χ2n) is 3.04. The Labute approximate surface area is 98.2 Å². The van der Waals surface area contributed by atoms with Gasteiger partial charge in [-0.2, -0.15) is 13.2 Å². The van der Waals surface area contributed by atoms with E-state index >= 15 is 0 Å². The molecule has 0 aliphatic heterocycles. The number of nitrogens with two attached hydrogens (primary N) is 1. The smallest absolute Gasteiger partial charge is 0.422 e. The van der Waals surface area contributed by atoms with Crippen molar-refractivity contribution in [2.24, 2.45) is 5.73 Å². The van der Waals surface area contributed by atoms with E-state index in [-0.39, 0.29) is 10.6 Å². The van der Waals surface area contributed by atoms with Crippen LogP contribution in [-0.2, 0) is 0 Å². The fourth-order valence-corrected chi connectivity index (χ4v) is 1.11. The lowest BCUT2D eigenvalue weighted by Gasteiger charge is -2.11. The number of hydrogen-bond acceptors (Lipinski definition) is 2. The van der Waals surface area contributed by atoms with E-state index in [1.165, 1.54) is 0 Å². The summed E-state index contributed by atoms with van der Waals surface area (Å²) < 4.78 is 65.8. The van der Waals surface area contributed by atoms with E-state index in [2.05, 4.69) is 17.0 Å². The van der Waals surface area contributed by atoms with Crippen LogP contribution in [0.5, 0.6) is 5.75 Å². The zero-order valence-electron chi connectivity index (χ0n) is 8.15. The van der Waals surface area contributed by atoms with Crippen LogP contribution in [0.4, 0.5) is 22.0 Å². The van der Waals surface area contributed by atoms with E-state index < -0.39 is 30.2 Å². The van der Waals surface area contributed by atoms with Crippen molar-refractivity contribution in [3.8, 4) is 5.75 Å². The summed E-state index contributed by atoms with van der Waals surface area (Å²) in [6, 6.07) is 1.41. The van der Waals surface area contributed by atoms with Gasteiger partial charge in [0.2, 0.25) is 0 Å². The van der Waals surface area contributed by atoms with Gasteiger partial charge in [0.25, 0.3) is 0 Å². The van der Waals surface area contributed by atoms with Gasteiger partial charge in [-0.15, -0.1) is 0 Å². The number of hydrogen-bond donors (Lipinski definition) is 1. The number of alkyl halides is 3. The summed E-state index contributed by atoms with van der Waals surface area (Å²) >= 11 is 4.47. The van der Waals surface area contributed by atoms with Crippen LogP contribution in [0, 0.1) is 11.6 Å². The van der Waals surface area contributed by atoms with Gasteiger partial charge in [0, 0.05) is 5.56 Å². The maximum absolute atomic E-state index is 13.2. The molecule has 0 aromatic heterocycles. The normalized spacial score (nSPS) is 11.4. The van der Waals surface area contributed by atoms with Gasteiger partial charge >= 0.3 is 6.18 Å². The summed E-state index contributed by atoms with van der Waals surface area (Å²) in [7, 11) is 0. The van der Waals surface area contributed by atoms with Crippen LogP contribution in [0.1, 0.15) is 5.56 Å². The molecule has 0 bridgehead atoms. The first-order valence-electron chi connectivity index (χ1n) is 4.19. The van der Waals surface area contributed by atoms with Crippen molar-refractivity contribution in [2.45, 2.75) is 6.18 Å². The Hall–Kier alpha value is -1.44. The predicted octanol–water partition coefficient (Wildman–Crippen LogP) is 2.54. The molecule has 0 saturated carbocycles. The monoisotopic (exact) mass is 271 g/mol. The van der Waals surface area contributed by atoms with Crippen molar-refractivity contribution >= 4 is 17.2 Å². The van der Waals surface area contributed by atoms with Gasteiger partial charge in [-0.3, -0.25) is 0 Å². The van der Waals surface area contributed by atoms with Crippen molar-refractivity contribution in [1.29, 1.82) is 0 Å². The second kappa shape index (κ2) is 4.82. The largest absolute Gasteiger partial charge is 0.478 e. The van der Waals surface area contributed by atoms with E-state index in [0.717, 1.165) is 0 Å². The highest BCUT2D eigenvalue weighted by molar-refractivity contribution is 7.80. The van der Waals surface area contributed by atoms with E-state index in [4.69, 9.17) is 5.73 Å². The predicted molar refractivity (Wildman–Crippen MR) is 53.8 cm³/mol. The molecule has 0 heterocycles. The summed E-state index contributed by atoms with van der Waals surface area (Å²) in [5, 5.41) is 0. The van der Waals surface area contributed by atoms with Crippen LogP contribution < -0.4 is 10.5 Å². The lowest BCUT2D eigenvalue weighted by Crippen LogP contribution is -2.20. The van der Waals surface area contributed by atoms with Crippen molar-refractivity contribution in [1.82, 2.24) is 0 Å². The lowest BCUT2D eigenvalue weighted by molar-refractivity contribution is -0.154. The molecular formula is C9H6F5NOS. The molecule has 1 aromatic rings. The number of thiocarbonyl (C=S) groups is 1. The van der Waals surface area contributed by atoms with Crippen LogP contribution in [0.25, 0.3) is 0 Å². The Morgan fingerprint density at radius 3 is 2.06 bits per heavy atom. The molecule has 0 aliphatic rings. The minimum Gasteiger partial charge on any atom is -0.478 e. The SMILES string of the molecule is NC(=S)c1cc(F)c(OCC(F)(F)F)c(F)c1. The van der Waals surface area contributed by atoms with E-state index in [1.807, 2.05) is 0 Å². The Morgan fingerprint density at radius 2 is 1.71 bits per heavy atom. The zero-order chi connectivity index (χ0) is 13.2. The molecular weight excluding hydrogens is 265 g/mol. The standard InChI is InChI=1S/C9H6F5NOS/c10-5-1-4(8(15)17)2-6(11)7(5)16-3-9(12,13)14/h1-2H,3H2,(H2,15,17). The third-order valence-corrected chi connectivity index (χ3v) is 1.90. The first-order chi connectivity index (χ1) is 7.70. The number of benzene rings is 1. The van der Waals surface area contributed by atoms with Gasteiger partial charge < -0.3 is 10.5 Å². The molecule has 0 aliphatic carbocycles. The van der Waals surface area contributed by atoms with Gasteiger partial charge in [0.15, 0.2) is 24.0 Å².